The maximum absolute atomic E-state index is 12.5. The Labute approximate surface area is 137 Å². The molecule has 0 spiro atoms. The minimum Gasteiger partial charge on any atom is -0.480 e. The molecule has 1 amide bonds. The van der Waals surface area contributed by atoms with Gasteiger partial charge in [-0.2, -0.15) is 4.98 Å². The van der Waals surface area contributed by atoms with E-state index in [1.165, 1.54) is 13.3 Å². The van der Waals surface area contributed by atoms with Crippen LogP contribution in [0.15, 0.2) is 6.20 Å². The standard InChI is InChI=1S/C15H26N6O2/c1-6-20-9-11(10-21(20)7-2)17-13(22)12-8-16-15(19(3)4)18-14(12)23-5/h8,11H,6-7,9-10H2,1-5H3,(H,17,22). The molecule has 0 aromatic carbocycles. The third-order valence-electron chi connectivity index (χ3n) is 3.91. The lowest BCUT2D eigenvalue weighted by molar-refractivity contribution is 0.0388. The lowest BCUT2D eigenvalue weighted by Gasteiger charge is -2.24. The summed E-state index contributed by atoms with van der Waals surface area (Å²) < 4.78 is 5.25. The first-order chi connectivity index (χ1) is 11.0. The molecule has 0 atom stereocenters. The van der Waals surface area contributed by atoms with Crippen molar-refractivity contribution >= 4 is 11.9 Å². The molecule has 1 saturated heterocycles. The van der Waals surface area contributed by atoms with Gasteiger partial charge in [0.1, 0.15) is 5.56 Å². The van der Waals surface area contributed by atoms with Gasteiger partial charge in [0.2, 0.25) is 11.8 Å². The second-order valence-corrected chi connectivity index (χ2v) is 5.67. The Bertz CT molecular complexity index is 539. The first-order valence-electron chi connectivity index (χ1n) is 7.89. The Morgan fingerprint density at radius 1 is 1.35 bits per heavy atom. The van der Waals surface area contributed by atoms with Crippen molar-refractivity contribution in [1.82, 2.24) is 25.3 Å². The summed E-state index contributed by atoms with van der Waals surface area (Å²) in [5.74, 6) is 0.596. The molecule has 0 radical (unpaired) electrons. The molecule has 1 aliphatic heterocycles. The lowest BCUT2D eigenvalue weighted by Crippen LogP contribution is -2.39. The summed E-state index contributed by atoms with van der Waals surface area (Å²) in [6.07, 6.45) is 1.51. The number of methoxy groups -OCH3 is 1. The van der Waals surface area contributed by atoms with Crippen LogP contribution in [-0.2, 0) is 0 Å². The molecule has 1 aliphatic rings. The number of likely N-dealkylation sites (N-methyl/N-ethyl adjacent to an activating group) is 2. The molecule has 128 valence electrons. The van der Waals surface area contributed by atoms with E-state index in [9.17, 15) is 4.79 Å². The molecule has 23 heavy (non-hydrogen) atoms. The van der Waals surface area contributed by atoms with Crippen LogP contribution in [0.1, 0.15) is 24.2 Å². The molecule has 0 aliphatic carbocycles. The molecule has 1 aromatic rings. The summed E-state index contributed by atoms with van der Waals surface area (Å²) in [5.41, 5.74) is 0.357. The summed E-state index contributed by atoms with van der Waals surface area (Å²) in [6.45, 7) is 7.73. The van der Waals surface area contributed by atoms with Gasteiger partial charge in [0, 0.05) is 46.5 Å². The number of nitrogens with one attached hydrogen (secondary N) is 1. The number of rotatable bonds is 6. The molecule has 8 nitrogen and oxygen atoms in total. The molecule has 1 N–H and O–H groups in total. The van der Waals surface area contributed by atoms with E-state index in [4.69, 9.17) is 4.74 Å². The Kier molecular flexibility index (Phi) is 5.73. The molecular formula is C15H26N6O2. The van der Waals surface area contributed by atoms with E-state index in [0.29, 0.717) is 17.4 Å². The zero-order valence-corrected chi connectivity index (χ0v) is 14.5. The minimum atomic E-state index is -0.203. The maximum Gasteiger partial charge on any atom is 0.258 e. The third-order valence-corrected chi connectivity index (χ3v) is 3.91. The molecule has 0 unspecified atom stereocenters. The highest BCUT2D eigenvalue weighted by molar-refractivity contribution is 5.96. The fourth-order valence-corrected chi connectivity index (χ4v) is 2.69. The normalized spacial score (nSPS) is 16.6. The van der Waals surface area contributed by atoms with Gasteiger partial charge in [0.05, 0.1) is 13.2 Å². The number of carbonyl (C=O) groups excluding carboxylic acids is 1. The number of carbonyl (C=O) groups is 1. The van der Waals surface area contributed by atoms with Crippen LogP contribution in [0.25, 0.3) is 0 Å². The molecule has 8 heteroatoms. The Morgan fingerprint density at radius 3 is 2.43 bits per heavy atom. The highest BCUT2D eigenvalue weighted by atomic mass is 16.5. The number of aromatic nitrogens is 2. The number of anilines is 1. The van der Waals surface area contributed by atoms with Gasteiger partial charge in [0.15, 0.2) is 0 Å². The third kappa shape index (κ3) is 3.89. The Hall–Kier alpha value is -1.93. The summed E-state index contributed by atoms with van der Waals surface area (Å²) in [5, 5.41) is 7.54. The topological polar surface area (TPSA) is 73.8 Å². The summed E-state index contributed by atoms with van der Waals surface area (Å²) in [4.78, 5) is 22.8. The summed E-state index contributed by atoms with van der Waals surface area (Å²) in [7, 11) is 5.18. The van der Waals surface area contributed by atoms with Crippen molar-refractivity contribution in [2.24, 2.45) is 0 Å². The minimum absolute atomic E-state index is 0.0839. The second kappa shape index (κ2) is 7.56. The van der Waals surface area contributed by atoms with Crippen LogP contribution in [0, 0.1) is 0 Å². The zero-order valence-electron chi connectivity index (χ0n) is 14.5. The monoisotopic (exact) mass is 322 g/mol. The van der Waals surface area contributed by atoms with Crippen molar-refractivity contribution in [1.29, 1.82) is 0 Å². The van der Waals surface area contributed by atoms with Crippen LogP contribution < -0.4 is 15.0 Å². The quantitative estimate of drug-likeness (QED) is 0.803. The van der Waals surface area contributed by atoms with Crippen molar-refractivity contribution in [3.8, 4) is 5.88 Å². The van der Waals surface area contributed by atoms with Crippen molar-refractivity contribution in [3.63, 3.8) is 0 Å². The molecular weight excluding hydrogens is 296 g/mol. The summed E-state index contributed by atoms with van der Waals surface area (Å²) in [6, 6.07) is 0.0839. The first-order valence-corrected chi connectivity index (χ1v) is 7.89. The fourth-order valence-electron chi connectivity index (χ4n) is 2.69. The number of hydrogen-bond donors (Lipinski definition) is 1. The number of amides is 1. The van der Waals surface area contributed by atoms with Gasteiger partial charge in [0.25, 0.3) is 5.91 Å². The van der Waals surface area contributed by atoms with E-state index in [-0.39, 0.29) is 11.9 Å². The predicted octanol–water partition coefficient (Wildman–Crippen LogP) is 0.222. The first kappa shape index (κ1) is 17.4. The average Bonchev–Trinajstić information content (AvgIpc) is 2.95. The SMILES string of the molecule is CCN1CC(NC(=O)c2cnc(N(C)C)nc2OC)CN1CC. The molecule has 0 bridgehead atoms. The van der Waals surface area contributed by atoms with Crippen LogP contribution >= 0.6 is 0 Å². The van der Waals surface area contributed by atoms with E-state index in [0.717, 1.165) is 26.2 Å². The van der Waals surface area contributed by atoms with E-state index < -0.39 is 0 Å². The van der Waals surface area contributed by atoms with Crippen molar-refractivity contribution in [2.45, 2.75) is 19.9 Å². The zero-order chi connectivity index (χ0) is 17.0. The molecule has 2 heterocycles. The smallest absolute Gasteiger partial charge is 0.258 e. The van der Waals surface area contributed by atoms with E-state index in [2.05, 4.69) is 39.2 Å². The average molecular weight is 322 g/mol. The lowest BCUT2D eigenvalue weighted by atomic mass is 10.2. The van der Waals surface area contributed by atoms with Gasteiger partial charge in [-0.15, -0.1) is 0 Å². The van der Waals surface area contributed by atoms with E-state index in [1.54, 1.807) is 4.90 Å². The number of hydrogen-bond acceptors (Lipinski definition) is 7. The van der Waals surface area contributed by atoms with Gasteiger partial charge >= 0.3 is 0 Å². The highest BCUT2D eigenvalue weighted by Crippen LogP contribution is 2.18. The molecule has 1 aromatic heterocycles. The van der Waals surface area contributed by atoms with Crippen LogP contribution in [-0.4, -0.2) is 79.3 Å². The van der Waals surface area contributed by atoms with E-state index >= 15 is 0 Å². The number of ether oxygens (including phenoxy) is 1. The number of hydrazine groups is 1. The molecule has 0 saturated carbocycles. The molecule has 1 fully saturated rings. The van der Waals surface area contributed by atoms with Crippen LogP contribution in [0.4, 0.5) is 5.95 Å². The maximum atomic E-state index is 12.5. The van der Waals surface area contributed by atoms with Gasteiger partial charge in [-0.1, -0.05) is 13.8 Å². The Morgan fingerprint density at radius 2 is 1.96 bits per heavy atom. The van der Waals surface area contributed by atoms with Gasteiger partial charge < -0.3 is 15.0 Å². The summed E-state index contributed by atoms with van der Waals surface area (Å²) >= 11 is 0. The van der Waals surface area contributed by atoms with Crippen molar-refractivity contribution in [3.05, 3.63) is 11.8 Å². The predicted molar refractivity (Wildman–Crippen MR) is 88.7 cm³/mol. The van der Waals surface area contributed by atoms with Crippen molar-refractivity contribution < 1.29 is 9.53 Å². The number of nitrogens with zero attached hydrogens (tertiary/aromatic N) is 5. The molecule has 2 rings (SSSR count). The largest absolute Gasteiger partial charge is 0.480 e. The van der Waals surface area contributed by atoms with Crippen LogP contribution in [0.5, 0.6) is 5.88 Å². The van der Waals surface area contributed by atoms with Crippen LogP contribution in [0.3, 0.4) is 0 Å². The van der Waals surface area contributed by atoms with Gasteiger partial charge in [-0.25, -0.2) is 15.0 Å². The fraction of sp³-hybridized carbons (Fsp3) is 0.667. The van der Waals surface area contributed by atoms with Gasteiger partial charge in [-0.05, 0) is 0 Å². The van der Waals surface area contributed by atoms with Gasteiger partial charge in [-0.3, -0.25) is 4.79 Å². The highest BCUT2D eigenvalue weighted by Gasteiger charge is 2.30. The van der Waals surface area contributed by atoms with E-state index in [1.807, 2.05) is 14.1 Å². The Balaban J connectivity index is 2.09. The second-order valence-electron chi connectivity index (χ2n) is 5.67. The van der Waals surface area contributed by atoms with Crippen LogP contribution in [0.2, 0.25) is 0 Å². The van der Waals surface area contributed by atoms with Crippen molar-refractivity contribution in [2.75, 3.05) is 52.3 Å².